The van der Waals surface area contributed by atoms with Crippen molar-refractivity contribution in [2.24, 2.45) is 0 Å². The van der Waals surface area contributed by atoms with Crippen molar-refractivity contribution in [3.8, 4) is 0 Å². The van der Waals surface area contributed by atoms with Gasteiger partial charge in [-0.1, -0.05) is 36.4 Å². The average Bonchev–Trinajstić information content (AvgIpc) is 3.01. The Kier molecular flexibility index (Phi) is 6.31. The van der Waals surface area contributed by atoms with Crippen LogP contribution in [0.5, 0.6) is 0 Å². The summed E-state index contributed by atoms with van der Waals surface area (Å²) in [6, 6.07) is 12.5. The van der Waals surface area contributed by atoms with Gasteiger partial charge < -0.3 is 5.32 Å². The van der Waals surface area contributed by atoms with Gasteiger partial charge >= 0.3 is 6.03 Å². The molecule has 0 aliphatic carbocycles. The van der Waals surface area contributed by atoms with Crippen molar-refractivity contribution in [1.82, 2.24) is 15.5 Å². The van der Waals surface area contributed by atoms with Crippen LogP contribution in [0.3, 0.4) is 0 Å². The summed E-state index contributed by atoms with van der Waals surface area (Å²) in [5.74, 6) is -0.332. The molecule has 3 amide bonds. The topological polar surface area (TPSA) is 61.4 Å². The van der Waals surface area contributed by atoms with Gasteiger partial charge in [-0.25, -0.2) is 4.79 Å². The van der Waals surface area contributed by atoms with E-state index in [1.807, 2.05) is 66.7 Å². The third-order valence-corrected chi connectivity index (χ3v) is 4.22. The lowest BCUT2D eigenvalue weighted by Gasteiger charge is -2.26. The van der Waals surface area contributed by atoms with E-state index >= 15 is 0 Å². The van der Waals surface area contributed by atoms with Crippen LogP contribution < -0.4 is 10.6 Å². The first kappa shape index (κ1) is 17.2. The van der Waals surface area contributed by atoms with Crippen LogP contribution in [0.4, 0.5) is 4.79 Å². The van der Waals surface area contributed by atoms with Gasteiger partial charge in [0.15, 0.2) is 0 Å². The molecule has 1 aromatic carbocycles. The number of imide groups is 1. The number of carbonyl (C=O) groups excluding carboxylic acids is 2. The third kappa shape index (κ3) is 4.91. The van der Waals surface area contributed by atoms with Crippen molar-refractivity contribution < 1.29 is 9.59 Å². The van der Waals surface area contributed by atoms with Crippen LogP contribution in [0.25, 0.3) is 0 Å². The molecule has 0 fully saturated rings. The summed E-state index contributed by atoms with van der Waals surface area (Å²) >= 11 is 1.64. The highest BCUT2D eigenvalue weighted by atomic mass is 32.1. The fraction of sp³-hybridized carbons (Fsp3) is 0.294. The van der Waals surface area contributed by atoms with E-state index in [1.54, 1.807) is 11.3 Å². The molecule has 0 radical (unpaired) electrons. The van der Waals surface area contributed by atoms with Crippen LogP contribution in [0.1, 0.15) is 23.4 Å². The molecule has 2 N–H and O–H groups in total. The zero-order chi connectivity index (χ0) is 16.7. The minimum atomic E-state index is -0.527. The van der Waals surface area contributed by atoms with Gasteiger partial charge in [-0.2, -0.15) is 0 Å². The van der Waals surface area contributed by atoms with Crippen molar-refractivity contribution in [2.45, 2.75) is 19.5 Å². The van der Waals surface area contributed by atoms with E-state index in [4.69, 9.17) is 0 Å². The lowest BCUT2D eigenvalue weighted by molar-refractivity contribution is -0.125. The van der Waals surface area contributed by atoms with Crippen LogP contribution in [0.2, 0.25) is 0 Å². The average molecular weight is 331 g/mol. The van der Waals surface area contributed by atoms with Crippen molar-refractivity contribution in [2.75, 3.05) is 13.6 Å². The van der Waals surface area contributed by atoms with Gasteiger partial charge in [0.05, 0.1) is 0 Å². The van der Waals surface area contributed by atoms with Gasteiger partial charge in [-0.05, 0) is 31.0 Å². The molecular weight excluding hydrogens is 310 g/mol. The molecule has 2 aromatic rings. The first-order valence-corrected chi connectivity index (χ1v) is 8.36. The number of urea groups is 1. The van der Waals surface area contributed by atoms with Crippen molar-refractivity contribution >= 4 is 23.3 Å². The predicted octanol–water partition coefficient (Wildman–Crippen LogP) is 2.77. The molecule has 0 unspecified atom stereocenters. The van der Waals surface area contributed by atoms with Gasteiger partial charge in [0, 0.05) is 18.0 Å². The molecule has 1 heterocycles. The summed E-state index contributed by atoms with van der Waals surface area (Å²) in [5, 5.41) is 7.00. The summed E-state index contributed by atoms with van der Waals surface area (Å²) in [6.07, 6.45) is 0. The summed E-state index contributed by atoms with van der Waals surface area (Å²) in [6.45, 7) is 2.92. The number of nitrogens with zero attached hydrogens (tertiary/aromatic N) is 1. The van der Waals surface area contributed by atoms with Crippen LogP contribution in [-0.2, 0) is 11.3 Å². The van der Waals surface area contributed by atoms with Gasteiger partial charge in [0.2, 0.25) is 5.91 Å². The molecule has 122 valence electrons. The Labute approximate surface area is 140 Å². The van der Waals surface area contributed by atoms with E-state index in [0.717, 1.165) is 5.56 Å². The molecule has 0 bridgehead atoms. The second-order valence-electron chi connectivity index (χ2n) is 5.16. The fourth-order valence-corrected chi connectivity index (χ4v) is 3.13. The number of hydrogen-bond acceptors (Lipinski definition) is 4. The van der Waals surface area contributed by atoms with E-state index < -0.39 is 12.1 Å². The normalized spacial score (nSPS) is 12.0. The number of benzene rings is 1. The molecule has 0 saturated carbocycles. The Morgan fingerprint density at radius 1 is 1.17 bits per heavy atom. The largest absolute Gasteiger partial charge is 0.338 e. The Balaban J connectivity index is 2.17. The number of hydrogen-bond donors (Lipinski definition) is 2. The maximum atomic E-state index is 12.6. The lowest BCUT2D eigenvalue weighted by Crippen LogP contribution is -2.45. The molecule has 0 aliphatic heterocycles. The highest BCUT2D eigenvalue weighted by molar-refractivity contribution is 7.09. The Morgan fingerprint density at radius 2 is 1.91 bits per heavy atom. The van der Waals surface area contributed by atoms with E-state index in [-0.39, 0.29) is 5.91 Å². The molecule has 1 atom stereocenters. The minimum Gasteiger partial charge on any atom is -0.338 e. The molecule has 0 spiro atoms. The van der Waals surface area contributed by atoms with Gasteiger partial charge in [0.1, 0.15) is 6.04 Å². The van der Waals surface area contributed by atoms with Crippen molar-refractivity contribution in [3.63, 3.8) is 0 Å². The molecule has 0 aliphatic rings. The van der Waals surface area contributed by atoms with E-state index in [0.29, 0.717) is 13.1 Å². The second-order valence-corrected chi connectivity index (χ2v) is 6.19. The molecule has 6 heteroatoms. The maximum absolute atomic E-state index is 12.6. The number of carbonyl (C=O) groups is 2. The second kappa shape index (κ2) is 8.45. The Bertz CT molecular complexity index is 629. The third-order valence-electron chi connectivity index (χ3n) is 3.36. The zero-order valence-corrected chi connectivity index (χ0v) is 14.1. The smallest absolute Gasteiger partial charge is 0.321 e. The predicted molar refractivity (Wildman–Crippen MR) is 92.2 cm³/mol. The lowest BCUT2D eigenvalue weighted by atomic mass is 10.0. The van der Waals surface area contributed by atoms with Gasteiger partial charge in [0.25, 0.3) is 0 Å². The molecular formula is C17H21N3O2S. The van der Waals surface area contributed by atoms with E-state index in [9.17, 15) is 9.59 Å². The quantitative estimate of drug-likeness (QED) is 0.855. The van der Waals surface area contributed by atoms with Crippen LogP contribution in [0.15, 0.2) is 47.8 Å². The van der Waals surface area contributed by atoms with Crippen molar-refractivity contribution in [1.29, 1.82) is 0 Å². The van der Waals surface area contributed by atoms with Crippen LogP contribution in [-0.4, -0.2) is 30.4 Å². The van der Waals surface area contributed by atoms with Crippen LogP contribution in [0, 0.1) is 0 Å². The first-order valence-electron chi connectivity index (χ1n) is 7.48. The van der Waals surface area contributed by atoms with Gasteiger partial charge in [-0.15, -0.1) is 11.3 Å². The monoisotopic (exact) mass is 331 g/mol. The standard InChI is InChI=1S/C17H21N3O2S/c1-3-18-17(22)19-16(21)15(13-8-5-4-6-9-13)20(2)12-14-10-7-11-23-14/h4-11,15H,3,12H2,1-2H3,(H2,18,19,21,22)/t15-/m1/s1. The molecule has 0 saturated heterocycles. The summed E-state index contributed by atoms with van der Waals surface area (Å²) in [4.78, 5) is 27.4. The van der Waals surface area contributed by atoms with Gasteiger partial charge in [-0.3, -0.25) is 15.0 Å². The molecule has 2 rings (SSSR count). The molecule has 1 aromatic heterocycles. The highest BCUT2D eigenvalue weighted by Gasteiger charge is 2.26. The number of amides is 3. The number of nitrogens with one attached hydrogen (secondary N) is 2. The number of thiophene rings is 1. The Hall–Kier alpha value is -2.18. The Morgan fingerprint density at radius 3 is 2.52 bits per heavy atom. The number of likely N-dealkylation sites (N-methyl/N-ethyl adjacent to an activating group) is 1. The van der Waals surface area contributed by atoms with Crippen molar-refractivity contribution in [3.05, 3.63) is 58.3 Å². The summed E-state index contributed by atoms with van der Waals surface area (Å²) in [5.41, 5.74) is 0.855. The fourth-order valence-electron chi connectivity index (χ4n) is 2.37. The summed E-state index contributed by atoms with van der Waals surface area (Å²) in [7, 11) is 1.88. The van der Waals surface area contributed by atoms with Crippen LogP contribution >= 0.6 is 11.3 Å². The molecule has 5 nitrogen and oxygen atoms in total. The van der Waals surface area contributed by atoms with E-state index in [1.165, 1.54) is 4.88 Å². The molecule has 23 heavy (non-hydrogen) atoms. The highest BCUT2D eigenvalue weighted by Crippen LogP contribution is 2.23. The zero-order valence-electron chi connectivity index (χ0n) is 13.3. The minimum absolute atomic E-state index is 0.332. The SMILES string of the molecule is CCNC(=O)NC(=O)[C@@H](c1ccccc1)N(C)Cc1cccs1. The first-order chi connectivity index (χ1) is 11.1. The van der Waals surface area contributed by atoms with E-state index in [2.05, 4.69) is 10.6 Å². The summed E-state index contributed by atoms with van der Waals surface area (Å²) < 4.78 is 0. The number of rotatable bonds is 6. The maximum Gasteiger partial charge on any atom is 0.321 e.